The number of hydrogen-bond acceptors (Lipinski definition) is 5. The van der Waals surface area contributed by atoms with Crippen LogP contribution >= 0.6 is 0 Å². The molecule has 2 aliphatic rings. The Kier molecular flexibility index (Phi) is 8.54. The van der Waals surface area contributed by atoms with Gasteiger partial charge in [-0.15, -0.1) is 0 Å². The molecule has 2 heterocycles. The highest BCUT2D eigenvalue weighted by atomic mass is 16.5. The van der Waals surface area contributed by atoms with E-state index >= 15 is 0 Å². The second kappa shape index (κ2) is 11.1. The van der Waals surface area contributed by atoms with Crippen LogP contribution in [0.15, 0.2) is 18.2 Å². The lowest BCUT2D eigenvalue weighted by atomic mass is 10.0. The van der Waals surface area contributed by atoms with E-state index in [1.807, 2.05) is 13.0 Å². The summed E-state index contributed by atoms with van der Waals surface area (Å²) < 4.78 is 5.37. The monoisotopic (exact) mass is 416 g/mol. The van der Waals surface area contributed by atoms with Gasteiger partial charge in [0.2, 0.25) is 5.91 Å². The van der Waals surface area contributed by atoms with Gasteiger partial charge in [-0.1, -0.05) is 19.1 Å². The number of nitrogens with one attached hydrogen (secondary N) is 2. The van der Waals surface area contributed by atoms with Gasteiger partial charge in [-0.3, -0.25) is 9.69 Å². The number of nitrogens with zero attached hydrogens (tertiary/aromatic N) is 2. The standard InChI is InChI=1S/C24H40N4O2/c1-5-11-27-12-9-21(10-13-27)28-17-20(15-22(28)24(29)25-6-2)26-16-19-7-8-23(30-4)18(3)14-19/h7-8,14,20-22,26H,5-6,9-13,15-17H2,1-4H3,(H,25,29)/t20-,22-/m0/s1. The second-order valence-electron chi connectivity index (χ2n) is 8.80. The summed E-state index contributed by atoms with van der Waals surface area (Å²) in [5.41, 5.74) is 2.41. The minimum atomic E-state index is -0.0113. The Labute approximate surface area is 182 Å². The van der Waals surface area contributed by atoms with Crippen LogP contribution in [0.2, 0.25) is 0 Å². The van der Waals surface area contributed by atoms with Gasteiger partial charge in [0, 0.05) is 31.7 Å². The average Bonchev–Trinajstić information content (AvgIpc) is 3.18. The summed E-state index contributed by atoms with van der Waals surface area (Å²) in [4.78, 5) is 17.9. The molecular weight excluding hydrogens is 376 g/mol. The fourth-order valence-electron chi connectivity index (χ4n) is 5.07. The Morgan fingerprint density at radius 2 is 2.00 bits per heavy atom. The molecule has 0 radical (unpaired) electrons. The zero-order valence-electron chi connectivity index (χ0n) is 19.2. The van der Waals surface area contributed by atoms with Gasteiger partial charge in [-0.05, 0) is 76.4 Å². The Morgan fingerprint density at radius 1 is 1.23 bits per heavy atom. The molecule has 1 aromatic rings. The molecule has 168 valence electrons. The van der Waals surface area contributed by atoms with Crippen molar-refractivity contribution in [3.05, 3.63) is 29.3 Å². The van der Waals surface area contributed by atoms with Crippen molar-refractivity contribution in [3.63, 3.8) is 0 Å². The van der Waals surface area contributed by atoms with Crippen LogP contribution < -0.4 is 15.4 Å². The van der Waals surface area contributed by atoms with Crippen LogP contribution in [0.5, 0.6) is 5.75 Å². The lowest BCUT2D eigenvalue weighted by Crippen LogP contribution is -2.51. The summed E-state index contributed by atoms with van der Waals surface area (Å²) in [6.45, 7) is 12.3. The van der Waals surface area contributed by atoms with Gasteiger partial charge in [0.05, 0.1) is 13.2 Å². The molecule has 0 unspecified atom stereocenters. The molecular formula is C24H40N4O2. The van der Waals surface area contributed by atoms with Gasteiger partial charge >= 0.3 is 0 Å². The lowest BCUT2D eigenvalue weighted by molar-refractivity contribution is -0.126. The first kappa shape index (κ1) is 23.0. The number of amides is 1. The maximum absolute atomic E-state index is 12.8. The summed E-state index contributed by atoms with van der Waals surface area (Å²) in [7, 11) is 1.71. The highest BCUT2D eigenvalue weighted by molar-refractivity contribution is 5.82. The molecule has 30 heavy (non-hydrogen) atoms. The minimum Gasteiger partial charge on any atom is -0.496 e. The smallest absolute Gasteiger partial charge is 0.237 e. The van der Waals surface area contributed by atoms with E-state index in [2.05, 4.69) is 46.4 Å². The van der Waals surface area contributed by atoms with Crippen LogP contribution in [0, 0.1) is 6.92 Å². The molecule has 0 aliphatic carbocycles. The van der Waals surface area contributed by atoms with Crippen molar-refractivity contribution >= 4 is 5.91 Å². The number of likely N-dealkylation sites (tertiary alicyclic amines) is 2. The third-order valence-electron chi connectivity index (χ3n) is 6.61. The van der Waals surface area contributed by atoms with Crippen molar-refractivity contribution in [1.82, 2.24) is 20.4 Å². The molecule has 2 aliphatic heterocycles. The number of benzene rings is 1. The van der Waals surface area contributed by atoms with Gasteiger partial charge in [0.25, 0.3) is 0 Å². The molecule has 0 bridgehead atoms. The average molecular weight is 417 g/mol. The highest BCUT2D eigenvalue weighted by Crippen LogP contribution is 2.27. The Balaban J connectivity index is 1.60. The zero-order valence-corrected chi connectivity index (χ0v) is 19.2. The number of piperidine rings is 1. The van der Waals surface area contributed by atoms with Crippen molar-refractivity contribution < 1.29 is 9.53 Å². The van der Waals surface area contributed by atoms with Crippen molar-refractivity contribution in [2.24, 2.45) is 0 Å². The van der Waals surface area contributed by atoms with E-state index in [0.29, 0.717) is 18.6 Å². The van der Waals surface area contributed by atoms with Crippen LogP contribution in [0.25, 0.3) is 0 Å². The quantitative estimate of drug-likeness (QED) is 0.648. The molecule has 6 heteroatoms. The maximum Gasteiger partial charge on any atom is 0.237 e. The molecule has 2 saturated heterocycles. The summed E-state index contributed by atoms with van der Waals surface area (Å²) >= 11 is 0. The first-order valence-electron chi connectivity index (χ1n) is 11.7. The number of likely N-dealkylation sites (N-methyl/N-ethyl adjacent to an activating group) is 1. The molecule has 6 nitrogen and oxygen atoms in total. The molecule has 0 aromatic heterocycles. The number of methoxy groups -OCH3 is 1. The predicted molar refractivity (Wildman–Crippen MR) is 122 cm³/mol. The third kappa shape index (κ3) is 5.74. The molecule has 1 amide bonds. The maximum atomic E-state index is 12.8. The van der Waals surface area contributed by atoms with Crippen molar-refractivity contribution in [2.75, 3.05) is 39.8 Å². The molecule has 2 N–H and O–H groups in total. The largest absolute Gasteiger partial charge is 0.496 e. The van der Waals surface area contributed by atoms with Gasteiger partial charge in [0.15, 0.2) is 0 Å². The van der Waals surface area contributed by atoms with Crippen molar-refractivity contribution in [1.29, 1.82) is 0 Å². The Morgan fingerprint density at radius 3 is 2.63 bits per heavy atom. The van der Waals surface area contributed by atoms with Crippen LogP contribution in [0.1, 0.15) is 50.7 Å². The number of carbonyl (C=O) groups is 1. The normalized spacial score (nSPS) is 23.6. The third-order valence-corrected chi connectivity index (χ3v) is 6.61. The molecule has 0 saturated carbocycles. The van der Waals surface area contributed by atoms with Crippen LogP contribution in [-0.4, -0.2) is 73.7 Å². The number of aryl methyl sites for hydroxylation is 1. The zero-order chi connectivity index (χ0) is 21.5. The van der Waals surface area contributed by atoms with Gasteiger partial charge in [-0.2, -0.15) is 0 Å². The topological polar surface area (TPSA) is 56.8 Å². The van der Waals surface area contributed by atoms with Crippen LogP contribution in [0.3, 0.4) is 0 Å². The summed E-state index contributed by atoms with van der Waals surface area (Å²) in [6.07, 6.45) is 4.43. The van der Waals surface area contributed by atoms with Gasteiger partial charge in [-0.25, -0.2) is 0 Å². The van der Waals surface area contributed by atoms with Crippen molar-refractivity contribution in [2.45, 2.75) is 71.1 Å². The number of ether oxygens (including phenoxy) is 1. The van der Waals surface area contributed by atoms with E-state index < -0.39 is 0 Å². The molecule has 3 rings (SSSR count). The minimum absolute atomic E-state index is 0.0113. The molecule has 2 fully saturated rings. The van der Waals surface area contributed by atoms with Gasteiger partial charge in [0.1, 0.15) is 5.75 Å². The van der Waals surface area contributed by atoms with Gasteiger partial charge < -0.3 is 20.3 Å². The summed E-state index contributed by atoms with van der Waals surface area (Å²) in [5, 5.41) is 6.78. The predicted octanol–water partition coefficient (Wildman–Crippen LogP) is 2.55. The first-order chi connectivity index (χ1) is 14.5. The van der Waals surface area contributed by atoms with Crippen molar-refractivity contribution in [3.8, 4) is 5.75 Å². The Bertz CT molecular complexity index is 688. The van der Waals surface area contributed by atoms with E-state index in [-0.39, 0.29) is 11.9 Å². The Hall–Kier alpha value is -1.63. The summed E-state index contributed by atoms with van der Waals surface area (Å²) in [6, 6.07) is 7.19. The molecule has 2 atom stereocenters. The number of carbonyl (C=O) groups excluding carboxylic acids is 1. The SMILES string of the molecule is CCCN1CCC(N2C[C@@H](NCc3ccc(OC)c(C)c3)C[C@H]2C(=O)NCC)CC1. The number of rotatable bonds is 9. The van der Waals surface area contributed by atoms with Crippen LogP contribution in [-0.2, 0) is 11.3 Å². The molecule has 1 aromatic carbocycles. The van der Waals surface area contributed by atoms with Crippen LogP contribution in [0.4, 0.5) is 0 Å². The second-order valence-corrected chi connectivity index (χ2v) is 8.80. The highest BCUT2D eigenvalue weighted by Gasteiger charge is 2.40. The van der Waals surface area contributed by atoms with E-state index in [9.17, 15) is 4.79 Å². The van der Waals surface area contributed by atoms with E-state index in [1.54, 1.807) is 7.11 Å². The summed E-state index contributed by atoms with van der Waals surface area (Å²) in [5.74, 6) is 1.12. The fourth-order valence-corrected chi connectivity index (χ4v) is 5.07. The molecule has 0 spiro atoms. The van der Waals surface area contributed by atoms with E-state index in [1.165, 1.54) is 31.4 Å². The van der Waals surface area contributed by atoms with E-state index in [4.69, 9.17) is 4.74 Å². The van der Waals surface area contributed by atoms with E-state index in [0.717, 1.165) is 43.9 Å². The lowest BCUT2D eigenvalue weighted by Gasteiger charge is -2.38. The number of hydrogen-bond donors (Lipinski definition) is 2. The first-order valence-corrected chi connectivity index (χ1v) is 11.7. The fraction of sp³-hybridized carbons (Fsp3) is 0.708.